The summed E-state index contributed by atoms with van der Waals surface area (Å²) in [5.41, 5.74) is 5.73. The van der Waals surface area contributed by atoms with E-state index in [2.05, 4.69) is 23.3 Å². The molecule has 1 rings (SSSR count). The van der Waals surface area contributed by atoms with Crippen LogP contribution in [0.25, 0.3) is 0 Å². The summed E-state index contributed by atoms with van der Waals surface area (Å²) in [4.78, 5) is 48.8. The molecule has 0 radical (unpaired) electrons. The van der Waals surface area contributed by atoms with Gasteiger partial charge in [0, 0.05) is 12.3 Å². The van der Waals surface area contributed by atoms with Crippen LogP contribution in [0.3, 0.4) is 0 Å². The predicted octanol–water partition coefficient (Wildman–Crippen LogP) is -1.03. The number of amides is 3. The molecule has 0 bridgehead atoms. The van der Waals surface area contributed by atoms with Gasteiger partial charge in [-0.25, -0.2) is 4.79 Å². The van der Waals surface area contributed by atoms with E-state index in [0.29, 0.717) is 25.8 Å². The standard InChI is InChI=1S/C16H28N4O5S/c1-9(2)6-10(17)14(22)18-7-13(21)19-11(8-26)15(23)20-5-3-4-12(20)16(24)25/h9-12,26H,3-8,17H2,1-2H3,(H,18,22)(H,19,21)(H,24,25). The number of hydrogen-bond donors (Lipinski definition) is 5. The summed E-state index contributed by atoms with van der Waals surface area (Å²) in [5.74, 6) is -2.28. The van der Waals surface area contributed by atoms with Crippen molar-refractivity contribution in [3.63, 3.8) is 0 Å². The zero-order valence-electron chi connectivity index (χ0n) is 15.1. The van der Waals surface area contributed by atoms with Gasteiger partial charge in [-0.1, -0.05) is 13.8 Å². The van der Waals surface area contributed by atoms with Gasteiger partial charge in [0.25, 0.3) is 0 Å². The minimum Gasteiger partial charge on any atom is -0.480 e. The monoisotopic (exact) mass is 388 g/mol. The summed E-state index contributed by atoms with van der Waals surface area (Å²) >= 11 is 4.07. The Balaban J connectivity index is 2.53. The summed E-state index contributed by atoms with van der Waals surface area (Å²) in [5, 5.41) is 14.1. The van der Waals surface area contributed by atoms with Crippen LogP contribution in [-0.4, -0.2) is 70.7 Å². The van der Waals surface area contributed by atoms with Gasteiger partial charge in [-0.15, -0.1) is 0 Å². The van der Waals surface area contributed by atoms with E-state index in [1.807, 2.05) is 13.8 Å². The van der Waals surface area contributed by atoms with E-state index in [4.69, 9.17) is 10.8 Å². The van der Waals surface area contributed by atoms with Gasteiger partial charge < -0.3 is 26.4 Å². The Morgan fingerprint density at radius 2 is 1.96 bits per heavy atom. The van der Waals surface area contributed by atoms with Crippen LogP contribution < -0.4 is 16.4 Å². The van der Waals surface area contributed by atoms with Crippen LogP contribution >= 0.6 is 12.6 Å². The number of aliphatic carboxylic acids is 1. The number of nitrogens with two attached hydrogens (primary N) is 1. The molecule has 10 heteroatoms. The Hall–Kier alpha value is -1.81. The maximum atomic E-state index is 12.5. The van der Waals surface area contributed by atoms with Crippen molar-refractivity contribution in [2.24, 2.45) is 11.7 Å². The normalized spacial score (nSPS) is 19.1. The lowest BCUT2D eigenvalue weighted by Crippen LogP contribution is -2.54. The first-order chi connectivity index (χ1) is 12.2. The van der Waals surface area contributed by atoms with Crippen LogP contribution in [0.2, 0.25) is 0 Å². The number of carbonyl (C=O) groups excluding carboxylic acids is 3. The lowest BCUT2D eigenvalue weighted by Gasteiger charge is -2.26. The van der Waals surface area contributed by atoms with E-state index >= 15 is 0 Å². The Morgan fingerprint density at radius 1 is 1.31 bits per heavy atom. The summed E-state index contributed by atoms with van der Waals surface area (Å²) in [6.07, 6.45) is 1.48. The number of carboxylic acids is 1. The highest BCUT2D eigenvalue weighted by Crippen LogP contribution is 2.18. The quantitative estimate of drug-likeness (QED) is 0.320. The molecule has 3 atom stereocenters. The third-order valence-corrected chi connectivity index (χ3v) is 4.49. The van der Waals surface area contributed by atoms with Gasteiger partial charge in [-0.2, -0.15) is 12.6 Å². The first kappa shape index (κ1) is 22.2. The highest BCUT2D eigenvalue weighted by Gasteiger charge is 2.37. The van der Waals surface area contributed by atoms with E-state index in [1.54, 1.807) is 0 Å². The van der Waals surface area contributed by atoms with Crippen molar-refractivity contribution in [2.75, 3.05) is 18.8 Å². The Bertz CT molecular complexity index is 543. The van der Waals surface area contributed by atoms with E-state index in [0.717, 1.165) is 0 Å². The SMILES string of the molecule is CC(C)CC(N)C(=O)NCC(=O)NC(CS)C(=O)N1CCCC1C(=O)O. The van der Waals surface area contributed by atoms with Crippen molar-refractivity contribution in [1.29, 1.82) is 0 Å². The fraction of sp³-hybridized carbons (Fsp3) is 0.750. The largest absolute Gasteiger partial charge is 0.480 e. The highest BCUT2D eigenvalue weighted by molar-refractivity contribution is 7.80. The van der Waals surface area contributed by atoms with Crippen molar-refractivity contribution in [1.82, 2.24) is 15.5 Å². The fourth-order valence-corrected chi connectivity index (χ4v) is 3.08. The Morgan fingerprint density at radius 3 is 2.50 bits per heavy atom. The average molecular weight is 388 g/mol. The van der Waals surface area contributed by atoms with Crippen LogP contribution in [0.15, 0.2) is 0 Å². The molecule has 3 unspecified atom stereocenters. The molecule has 0 aromatic rings. The topological polar surface area (TPSA) is 142 Å². The van der Waals surface area contributed by atoms with Gasteiger partial charge in [0.15, 0.2) is 0 Å². The van der Waals surface area contributed by atoms with Crippen molar-refractivity contribution in [3.05, 3.63) is 0 Å². The molecule has 1 saturated heterocycles. The lowest BCUT2D eigenvalue weighted by molar-refractivity contribution is -0.149. The Kier molecular flexibility index (Phi) is 8.86. The lowest BCUT2D eigenvalue weighted by atomic mass is 10.0. The molecule has 0 aliphatic carbocycles. The summed E-state index contributed by atoms with van der Waals surface area (Å²) in [6.45, 7) is 3.89. The molecule has 0 aromatic heterocycles. The molecule has 1 fully saturated rings. The second-order valence-electron chi connectivity index (χ2n) is 6.78. The number of rotatable bonds is 9. The number of hydrogen-bond acceptors (Lipinski definition) is 6. The first-order valence-electron chi connectivity index (χ1n) is 8.64. The molecule has 5 N–H and O–H groups in total. The maximum absolute atomic E-state index is 12.5. The predicted molar refractivity (Wildman–Crippen MR) is 98.6 cm³/mol. The van der Waals surface area contributed by atoms with Crippen LogP contribution in [0.4, 0.5) is 0 Å². The van der Waals surface area contributed by atoms with Crippen LogP contribution in [0.1, 0.15) is 33.1 Å². The van der Waals surface area contributed by atoms with Gasteiger partial charge in [-0.3, -0.25) is 14.4 Å². The maximum Gasteiger partial charge on any atom is 0.326 e. The van der Waals surface area contributed by atoms with Crippen molar-refractivity contribution >= 4 is 36.3 Å². The van der Waals surface area contributed by atoms with Crippen molar-refractivity contribution < 1.29 is 24.3 Å². The van der Waals surface area contributed by atoms with E-state index < -0.39 is 41.8 Å². The minimum atomic E-state index is -1.06. The molecule has 26 heavy (non-hydrogen) atoms. The zero-order chi connectivity index (χ0) is 19.9. The molecule has 1 aliphatic rings. The third kappa shape index (κ3) is 6.49. The number of carboxylic acid groups (broad SMARTS) is 1. The van der Waals surface area contributed by atoms with E-state index in [9.17, 15) is 19.2 Å². The van der Waals surface area contributed by atoms with Gasteiger partial charge in [0.1, 0.15) is 12.1 Å². The van der Waals surface area contributed by atoms with E-state index in [1.165, 1.54) is 4.90 Å². The number of likely N-dealkylation sites (tertiary alicyclic amines) is 1. The van der Waals surface area contributed by atoms with Gasteiger partial charge >= 0.3 is 5.97 Å². The molecule has 148 valence electrons. The molecule has 1 aliphatic heterocycles. The van der Waals surface area contributed by atoms with Crippen molar-refractivity contribution in [2.45, 2.75) is 51.2 Å². The summed E-state index contributed by atoms with van der Waals surface area (Å²) < 4.78 is 0. The fourth-order valence-electron chi connectivity index (χ4n) is 2.83. The van der Waals surface area contributed by atoms with Crippen LogP contribution in [0, 0.1) is 5.92 Å². The smallest absolute Gasteiger partial charge is 0.326 e. The van der Waals surface area contributed by atoms with E-state index in [-0.39, 0.29) is 18.2 Å². The average Bonchev–Trinajstić information content (AvgIpc) is 3.06. The van der Waals surface area contributed by atoms with Crippen LogP contribution in [-0.2, 0) is 19.2 Å². The molecule has 9 nitrogen and oxygen atoms in total. The van der Waals surface area contributed by atoms with Gasteiger partial charge in [0.2, 0.25) is 17.7 Å². The molecule has 0 saturated carbocycles. The third-order valence-electron chi connectivity index (χ3n) is 4.12. The molecular formula is C16H28N4O5S. The van der Waals surface area contributed by atoms with Crippen LogP contribution in [0.5, 0.6) is 0 Å². The first-order valence-corrected chi connectivity index (χ1v) is 9.27. The number of nitrogens with one attached hydrogen (secondary N) is 2. The number of thiol groups is 1. The molecule has 3 amide bonds. The van der Waals surface area contributed by atoms with Crippen molar-refractivity contribution in [3.8, 4) is 0 Å². The molecular weight excluding hydrogens is 360 g/mol. The number of nitrogens with zero attached hydrogens (tertiary/aromatic N) is 1. The Labute approximate surface area is 158 Å². The molecule has 0 spiro atoms. The molecule has 0 aromatic carbocycles. The van der Waals surface area contributed by atoms with Gasteiger partial charge in [-0.05, 0) is 25.2 Å². The van der Waals surface area contributed by atoms with Gasteiger partial charge in [0.05, 0.1) is 12.6 Å². The second-order valence-corrected chi connectivity index (χ2v) is 7.15. The summed E-state index contributed by atoms with van der Waals surface area (Å²) in [6, 6.07) is -2.53. The zero-order valence-corrected chi connectivity index (χ0v) is 16.0. The summed E-state index contributed by atoms with van der Waals surface area (Å²) in [7, 11) is 0. The number of carbonyl (C=O) groups is 4. The minimum absolute atomic E-state index is 0.0220. The highest BCUT2D eigenvalue weighted by atomic mass is 32.1. The molecule has 1 heterocycles. The second kappa shape index (κ2) is 10.4.